The number of esters is 4. The zero-order valence-electron chi connectivity index (χ0n) is 52.9. The number of ether oxygens (including phenoxy) is 4. The van der Waals surface area contributed by atoms with Gasteiger partial charge in [-0.05, 0) is 43.4 Å². The van der Waals surface area contributed by atoms with E-state index in [1.807, 2.05) is 0 Å². The van der Waals surface area contributed by atoms with E-state index in [4.69, 9.17) is 37.0 Å². The topological polar surface area (TPSA) is 237 Å². The standard InChI is InChI=1S/C63H122O17P2/c1-8-10-11-27-37-44-60(65)73-50-58(80-63(68)47-40-33-26-25-30-36-43-56(7)9-2)52-77-81(69,70)75-48-57(64)49-76-82(71,72)78-53-59(51-74-61(66)45-38-31-23-20-19-22-29-35-42-55(5)6)79-62(67)46-39-32-24-18-16-14-12-13-15-17-21-28-34-41-54(3)4/h54-59,64H,8-53H2,1-7H3,(H,69,70)(H,71,72)/t56?,57-,58+,59+/m0/s1. The van der Waals surface area contributed by atoms with Crippen LogP contribution in [0.1, 0.15) is 305 Å². The maximum Gasteiger partial charge on any atom is 0.472 e. The van der Waals surface area contributed by atoms with Crippen molar-refractivity contribution in [2.45, 2.75) is 324 Å². The van der Waals surface area contributed by atoms with Gasteiger partial charge in [-0.2, -0.15) is 0 Å². The predicted molar refractivity (Wildman–Crippen MR) is 326 cm³/mol. The number of rotatable bonds is 61. The highest BCUT2D eigenvalue weighted by molar-refractivity contribution is 7.47. The van der Waals surface area contributed by atoms with Crippen molar-refractivity contribution in [3.63, 3.8) is 0 Å². The largest absolute Gasteiger partial charge is 0.472 e. The summed E-state index contributed by atoms with van der Waals surface area (Å²) in [5.41, 5.74) is 0. The summed E-state index contributed by atoms with van der Waals surface area (Å²) in [7, 11) is -9.88. The number of hydrogen-bond acceptors (Lipinski definition) is 15. The summed E-state index contributed by atoms with van der Waals surface area (Å²) in [4.78, 5) is 71.9. The van der Waals surface area contributed by atoms with Crippen molar-refractivity contribution in [3.05, 3.63) is 0 Å². The molecule has 0 aromatic carbocycles. The lowest BCUT2D eigenvalue weighted by molar-refractivity contribution is -0.161. The molecule has 82 heavy (non-hydrogen) atoms. The molecular formula is C63H122O17P2. The van der Waals surface area contributed by atoms with Crippen LogP contribution in [-0.2, 0) is 65.4 Å². The fourth-order valence-corrected chi connectivity index (χ4v) is 10.9. The molecule has 0 aliphatic rings. The summed E-state index contributed by atoms with van der Waals surface area (Å²) in [5.74, 6) is 0.0832. The number of unbranched alkanes of at least 4 members (excludes halogenated alkanes) is 28. The lowest BCUT2D eigenvalue weighted by Crippen LogP contribution is -2.30. The first kappa shape index (κ1) is 80.1. The van der Waals surface area contributed by atoms with Gasteiger partial charge < -0.3 is 33.8 Å². The molecule has 0 bridgehead atoms. The van der Waals surface area contributed by atoms with Crippen molar-refractivity contribution < 1.29 is 80.2 Å². The Morgan fingerprint density at radius 2 is 0.622 bits per heavy atom. The summed E-state index contributed by atoms with van der Waals surface area (Å²) in [6.07, 6.45) is 35.3. The van der Waals surface area contributed by atoms with Gasteiger partial charge in [0.25, 0.3) is 0 Å². The quantitative estimate of drug-likeness (QED) is 0.0222. The Balaban J connectivity index is 5.18. The van der Waals surface area contributed by atoms with Crippen molar-refractivity contribution in [2.24, 2.45) is 17.8 Å². The minimum Gasteiger partial charge on any atom is -0.462 e. The van der Waals surface area contributed by atoms with Crippen LogP contribution in [0, 0.1) is 17.8 Å². The van der Waals surface area contributed by atoms with E-state index in [9.17, 15) is 43.2 Å². The number of carbonyl (C=O) groups is 4. The third-order valence-corrected chi connectivity index (χ3v) is 16.6. The van der Waals surface area contributed by atoms with Crippen LogP contribution in [0.25, 0.3) is 0 Å². The monoisotopic (exact) mass is 1210 g/mol. The van der Waals surface area contributed by atoms with Gasteiger partial charge in [-0.1, -0.05) is 254 Å². The number of phosphoric acid groups is 2. The predicted octanol–water partition coefficient (Wildman–Crippen LogP) is 17.1. The number of aliphatic hydroxyl groups is 1. The molecule has 3 N–H and O–H groups in total. The normalized spacial score (nSPS) is 14.7. The summed E-state index contributed by atoms with van der Waals surface area (Å²) >= 11 is 0. The first-order valence-corrected chi connectivity index (χ1v) is 35.9. The number of hydrogen-bond donors (Lipinski definition) is 3. The fourth-order valence-electron chi connectivity index (χ4n) is 9.27. The second-order valence-electron chi connectivity index (χ2n) is 24.0. The van der Waals surface area contributed by atoms with Crippen LogP contribution in [-0.4, -0.2) is 96.7 Å². The Morgan fingerprint density at radius 3 is 0.927 bits per heavy atom. The molecule has 6 atom stereocenters. The average Bonchev–Trinajstić information content (AvgIpc) is 3.43. The fraction of sp³-hybridized carbons (Fsp3) is 0.937. The zero-order chi connectivity index (χ0) is 61.0. The smallest absolute Gasteiger partial charge is 0.462 e. The maximum absolute atomic E-state index is 13.0. The second-order valence-corrected chi connectivity index (χ2v) is 26.9. The van der Waals surface area contributed by atoms with Gasteiger partial charge in [0, 0.05) is 25.7 Å². The molecule has 0 aliphatic carbocycles. The van der Waals surface area contributed by atoms with E-state index in [2.05, 4.69) is 48.5 Å². The minimum absolute atomic E-state index is 0.102. The van der Waals surface area contributed by atoms with E-state index in [1.54, 1.807) is 0 Å². The lowest BCUT2D eigenvalue weighted by atomic mass is 10.00. The molecule has 486 valence electrons. The van der Waals surface area contributed by atoms with Gasteiger partial charge in [0.1, 0.15) is 19.3 Å². The molecule has 0 radical (unpaired) electrons. The van der Waals surface area contributed by atoms with Crippen LogP contribution >= 0.6 is 15.6 Å². The second kappa shape index (κ2) is 54.5. The average molecular weight is 1210 g/mol. The third kappa shape index (κ3) is 55.9. The van der Waals surface area contributed by atoms with Crippen LogP contribution in [0.15, 0.2) is 0 Å². The number of carbonyl (C=O) groups excluding carboxylic acids is 4. The molecule has 3 unspecified atom stereocenters. The van der Waals surface area contributed by atoms with Crippen LogP contribution in [0.4, 0.5) is 0 Å². The SMILES string of the molecule is CCCCCCCC(=O)OC[C@H](COP(=O)(O)OC[C@H](O)COP(=O)(O)OC[C@@H](COC(=O)CCCCCCCCCCC(C)C)OC(=O)CCCCCCCCCCCCCCCC(C)C)OC(=O)CCCCCCCCC(C)CC. The molecule has 0 aromatic rings. The van der Waals surface area contributed by atoms with E-state index in [1.165, 1.54) is 109 Å². The highest BCUT2D eigenvalue weighted by Crippen LogP contribution is 2.45. The Hall–Kier alpha value is -1.94. The molecule has 0 aromatic heterocycles. The van der Waals surface area contributed by atoms with Gasteiger partial charge in [0.2, 0.25) is 0 Å². The molecule has 0 spiro atoms. The molecule has 19 heteroatoms. The maximum atomic E-state index is 13.0. The first-order valence-electron chi connectivity index (χ1n) is 32.9. The molecule has 0 amide bonds. The number of aliphatic hydroxyl groups excluding tert-OH is 1. The Morgan fingerprint density at radius 1 is 0.354 bits per heavy atom. The van der Waals surface area contributed by atoms with Crippen LogP contribution in [0.5, 0.6) is 0 Å². The van der Waals surface area contributed by atoms with Gasteiger partial charge >= 0.3 is 39.5 Å². The summed E-state index contributed by atoms with van der Waals surface area (Å²) in [6, 6.07) is 0. The van der Waals surface area contributed by atoms with Gasteiger partial charge in [-0.3, -0.25) is 37.3 Å². The van der Waals surface area contributed by atoms with Crippen molar-refractivity contribution >= 4 is 39.5 Å². The van der Waals surface area contributed by atoms with Crippen molar-refractivity contribution in [2.75, 3.05) is 39.6 Å². The molecule has 0 rings (SSSR count). The van der Waals surface area contributed by atoms with Crippen molar-refractivity contribution in [1.29, 1.82) is 0 Å². The van der Waals surface area contributed by atoms with Gasteiger partial charge in [-0.15, -0.1) is 0 Å². The first-order chi connectivity index (χ1) is 39.3. The molecule has 0 aliphatic heterocycles. The molecule has 0 saturated carbocycles. The minimum atomic E-state index is -4.94. The van der Waals surface area contributed by atoms with E-state index >= 15 is 0 Å². The molecule has 17 nitrogen and oxygen atoms in total. The Bertz CT molecular complexity index is 1630. The van der Waals surface area contributed by atoms with Crippen molar-refractivity contribution in [1.82, 2.24) is 0 Å². The zero-order valence-corrected chi connectivity index (χ0v) is 54.7. The van der Waals surface area contributed by atoms with Gasteiger partial charge in [0.15, 0.2) is 12.2 Å². The highest BCUT2D eigenvalue weighted by Gasteiger charge is 2.30. The Labute approximate surface area is 498 Å². The lowest BCUT2D eigenvalue weighted by Gasteiger charge is -2.21. The third-order valence-electron chi connectivity index (χ3n) is 14.7. The highest BCUT2D eigenvalue weighted by atomic mass is 31.2. The summed E-state index contributed by atoms with van der Waals surface area (Å²) in [5, 5.41) is 10.5. The molecule has 0 fully saturated rings. The van der Waals surface area contributed by atoms with E-state index in [0.29, 0.717) is 25.7 Å². The summed E-state index contributed by atoms with van der Waals surface area (Å²) < 4.78 is 67.8. The Kier molecular flexibility index (Phi) is 53.2. The molecule has 0 heterocycles. The van der Waals surface area contributed by atoms with Crippen LogP contribution in [0.2, 0.25) is 0 Å². The van der Waals surface area contributed by atoms with Crippen molar-refractivity contribution in [3.8, 4) is 0 Å². The van der Waals surface area contributed by atoms with Gasteiger partial charge in [-0.25, -0.2) is 9.13 Å². The van der Waals surface area contributed by atoms with E-state index in [-0.39, 0.29) is 25.7 Å². The van der Waals surface area contributed by atoms with Crippen LogP contribution < -0.4 is 0 Å². The number of phosphoric ester groups is 2. The van der Waals surface area contributed by atoms with Crippen LogP contribution in [0.3, 0.4) is 0 Å². The van der Waals surface area contributed by atoms with E-state index in [0.717, 1.165) is 114 Å². The molecular weight excluding hydrogens is 1090 g/mol. The summed E-state index contributed by atoms with van der Waals surface area (Å²) in [6.45, 7) is 11.6. The van der Waals surface area contributed by atoms with E-state index < -0.39 is 97.5 Å². The van der Waals surface area contributed by atoms with Gasteiger partial charge in [0.05, 0.1) is 26.4 Å². The molecule has 0 saturated heterocycles.